The number of rotatable bonds is 5. The van der Waals surface area contributed by atoms with Gasteiger partial charge in [-0.1, -0.05) is 12.1 Å². The molecular formula is C24H22N4O4S. The average Bonchev–Trinajstić information content (AvgIpc) is 2.85. The van der Waals surface area contributed by atoms with Crippen LogP contribution in [0.3, 0.4) is 0 Å². The molecule has 9 heteroatoms. The molecule has 1 atom stereocenters. The summed E-state index contributed by atoms with van der Waals surface area (Å²) in [5.41, 5.74) is 2.94. The van der Waals surface area contributed by atoms with E-state index in [4.69, 9.17) is 9.72 Å². The highest BCUT2D eigenvalue weighted by atomic mass is 32.2. The van der Waals surface area contributed by atoms with Gasteiger partial charge in [-0.25, -0.2) is 9.19 Å². The third-order valence-electron chi connectivity index (χ3n) is 5.59. The number of morpholine rings is 1. The maximum atomic E-state index is 12.6. The molecule has 0 bridgehead atoms. The first-order valence-electron chi connectivity index (χ1n) is 10.5. The normalized spacial score (nSPS) is 14.9. The molecule has 0 spiro atoms. The summed E-state index contributed by atoms with van der Waals surface area (Å²) in [7, 11) is 0. The highest BCUT2D eigenvalue weighted by Gasteiger charge is 2.14. The monoisotopic (exact) mass is 462 g/mol. The number of aromatic amines is 1. The summed E-state index contributed by atoms with van der Waals surface area (Å²) in [5.74, 6) is 0.416. The molecule has 1 saturated heterocycles. The summed E-state index contributed by atoms with van der Waals surface area (Å²) >= 11 is -2.10. The van der Waals surface area contributed by atoms with Gasteiger partial charge >= 0.3 is 0 Å². The van der Waals surface area contributed by atoms with Gasteiger partial charge in [0.1, 0.15) is 5.82 Å². The van der Waals surface area contributed by atoms with Gasteiger partial charge in [-0.2, -0.15) is 0 Å². The van der Waals surface area contributed by atoms with Crippen LogP contribution in [0.1, 0.15) is 0 Å². The molecular weight excluding hydrogens is 440 g/mol. The van der Waals surface area contributed by atoms with Gasteiger partial charge in [0.25, 0.3) is 5.56 Å². The van der Waals surface area contributed by atoms with Gasteiger partial charge in [0, 0.05) is 36.2 Å². The van der Waals surface area contributed by atoms with Crippen LogP contribution in [-0.2, 0) is 15.8 Å². The number of aromatic nitrogens is 2. The first-order valence-corrected chi connectivity index (χ1v) is 11.6. The summed E-state index contributed by atoms with van der Waals surface area (Å²) < 4.78 is 26.4. The molecule has 3 heterocycles. The molecule has 0 aliphatic carbocycles. The Labute approximate surface area is 192 Å². The third kappa shape index (κ3) is 4.51. The number of nitrogens with one attached hydrogen (secondary N) is 2. The fourth-order valence-electron chi connectivity index (χ4n) is 3.93. The van der Waals surface area contributed by atoms with Crippen LogP contribution in [0.4, 0.5) is 17.2 Å². The largest absolute Gasteiger partial charge is 0.378 e. The second kappa shape index (κ2) is 9.14. The predicted octanol–water partition coefficient (Wildman–Crippen LogP) is 3.75. The number of hydrogen-bond acceptors (Lipinski definition) is 6. The lowest BCUT2D eigenvalue weighted by Gasteiger charge is -2.28. The highest BCUT2D eigenvalue weighted by Crippen LogP contribution is 2.29. The molecule has 0 saturated carbocycles. The number of pyridine rings is 2. The Kier molecular flexibility index (Phi) is 5.91. The zero-order chi connectivity index (χ0) is 22.8. The number of ether oxygens (including phenoxy) is 1. The van der Waals surface area contributed by atoms with Crippen LogP contribution in [-0.4, -0.2) is 45.0 Å². The van der Waals surface area contributed by atoms with E-state index < -0.39 is 11.1 Å². The topological polar surface area (TPSA) is 108 Å². The molecule has 1 unspecified atom stereocenters. The molecule has 1 aliphatic rings. The number of hydrogen-bond donors (Lipinski definition) is 3. The van der Waals surface area contributed by atoms with E-state index in [9.17, 15) is 13.6 Å². The molecule has 0 amide bonds. The van der Waals surface area contributed by atoms with Crippen LogP contribution in [0.15, 0.2) is 76.6 Å². The maximum absolute atomic E-state index is 12.6. The summed E-state index contributed by atoms with van der Waals surface area (Å²) in [6.45, 7) is 3.15. The molecule has 1 fully saturated rings. The Bertz CT molecular complexity index is 1380. The minimum absolute atomic E-state index is 0.246. The first kappa shape index (κ1) is 21.3. The van der Waals surface area contributed by atoms with Gasteiger partial charge in [0.15, 0.2) is 11.1 Å². The molecule has 0 radical (unpaired) electrons. The fraction of sp³-hybridized carbons (Fsp3) is 0.167. The van der Waals surface area contributed by atoms with E-state index in [0.29, 0.717) is 27.8 Å². The smallest absolute Gasteiger partial charge is 0.259 e. The third-order valence-corrected chi connectivity index (χ3v) is 6.25. The molecule has 168 valence electrons. The van der Waals surface area contributed by atoms with E-state index in [2.05, 4.69) is 15.2 Å². The molecule has 2 aromatic heterocycles. The van der Waals surface area contributed by atoms with E-state index in [1.165, 1.54) is 0 Å². The Balaban J connectivity index is 1.53. The summed E-state index contributed by atoms with van der Waals surface area (Å²) in [5, 5.41) is 4.44. The Hall–Kier alpha value is -3.53. The Morgan fingerprint density at radius 2 is 1.85 bits per heavy atom. The average molecular weight is 463 g/mol. The lowest BCUT2D eigenvalue weighted by atomic mass is 10.1. The number of nitrogens with zero attached hydrogens (tertiary/aromatic N) is 2. The molecule has 8 nitrogen and oxygen atoms in total. The number of benzene rings is 2. The van der Waals surface area contributed by atoms with Gasteiger partial charge in [-0.05, 0) is 53.9 Å². The zero-order valence-corrected chi connectivity index (χ0v) is 18.5. The predicted molar refractivity (Wildman–Crippen MR) is 130 cm³/mol. The van der Waals surface area contributed by atoms with Crippen molar-refractivity contribution in [3.05, 3.63) is 77.2 Å². The Morgan fingerprint density at radius 1 is 1.06 bits per heavy atom. The standard InChI is InChI=1S/C24H22N4O4S/c29-24-22-17(8-9-25-24)15-21(16-2-1-3-20(14-16)33(30)31)27-23(22)26-18-4-6-19(7-5-18)28-10-12-32-13-11-28/h1-9,14-15H,10-13H2,(H,25,29)(H,26,27)(H,30,31). The van der Waals surface area contributed by atoms with E-state index >= 15 is 0 Å². The van der Waals surface area contributed by atoms with Crippen LogP contribution < -0.4 is 15.8 Å². The van der Waals surface area contributed by atoms with Crippen LogP contribution in [0.2, 0.25) is 0 Å². The molecule has 2 aromatic carbocycles. The van der Waals surface area contributed by atoms with Crippen LogP contribution in [0, 0.1) is 0 Å². The summed E-state index contributed by atoms with van der Waals surface area (Å²) in [6.07, 6.45) is 1.59. The second-order valence-electron chi connectivity index (χ2n) is 7.68. The molecule has 33 heavy (non-hydrogen) atoms. The Morgan fingerprint density at radius 3 is 2.61 bits per heavy atom. The van der Waals surface area contributed by atoms with Gasteiger partial charge in [0.05, 0.1) is 29.2 Å². The van der Waals surface area contributed by atoms with Crippen LogP contribution in [0.25, 0.3) is 22.0 Å². The molecule has 4 aromatic rings. The zero-order valence-electron chi connectivity index (χ0n) is 17.7. The van der Waals surface area contributed by atoms with E-state index in [1.807, 2.05) is 36.4 Å². The summed E-state index contributed by atoms with van der Waals surface area (Å²) in [4.78, 5) is 22.6. The van der Waals surface area contributed by atoms with Crippen molar-refractivity contribution in [1.82, 2.24) is 9.97 Å². The molecule has 3 N–H and O–H groups in total. The van der Waals surface area contributed by atoms with Gasteiger partial charge in [0.2, 0.25) is 0 Å². The van der Waals surface area contributed by atoms with Crippen molar-refractivity contribution in [2.45, 2.75) is 4.90 Å². The lowest BCUT2D eigenvalue weighted by Crippen LogP contribution is -2.36. The fourth-order valence-corrected chi connectivity index (χ4v) is 4.35. The van der Waals surface area contributed by atoms with Gasteiger partial charge in [-0.15, -0.1) is 0 Å². The second-order valence-corrected chi connectivity index (χ2v) is 8.65. The van der Waals surface area contributed by atoms with Crippen molar-refractivity contribution in [3.8, 4) is 11.3 Å². The van der Waals surface area contributed by atoms with E-state index in [-0.39, 0.29) is 10.5 Å². The van der Waals surface area contributed by atoms with Crippen molar-refractivity contribution in [3.63, 3.8) is 0 Å². The highest BCUT2D eigenvalue weighted by molar-refractivity contribution is 7.79. The minimum Gasteiger partial charge on any atom is -0.378 e. The van der Waals surface area contributed by atoms with Crippen molar-refractivity contribution in [1.29, 1.82) is 0 Å². The lowest BCUT2D eigenvalue weighted by molar-refractivity contribution is 0.122. The van der Waals surface area contributed by atoms with Gasteiger partial charge in [-0.3, -0.25) is 4.79 Å². The minimum atomic E-state index is -2.10. The number of fused-ring (bicyclic) bond motifs is 1. The van der Waals surface area contributed by atoms with Crippen LogP contribution in [0.5, 0.6) is 0 Å². The number of anilines is 3. The van der Waals surface area contributed by atoms with Crippen molar-refractivity contribution >= 4 is 39.0 Å². The quantitative estimate of drug-likeness (QED) is 0.388. The molecule has 1 aliphatic heterocycles. The van der Waals surface area contributed by atoms with E-state index in [0.717, 1.165) is 37.7 Å². The first-order chi connectivity index (χ1) is 16.1. The van der Waals surface area contributed by atoms with Crippen LogP contribution >= 0.6 is 0 Å². The molecule has 5 rings (SSSR count). The van der Waals surface area contributed by atoms with E-state index in [1.54, 1.807) is 30.5 Å². The van der Waals surface area contributed by atoms with Crippen molar-refractivity contribution in [2.75, 3.05) is 36.5 Å². The van der Waals surface area contributed by atoms with Gasteiger partial charge < -0.3 is 24.5 Å². The number of H-pyrrole nitrogens is 1. The van der Waals surface area contributed by atoms with Crippen molar-refractivity contribution < 1.29 is 13.5 Å². The maximum Gasteiger partial charge on any atom is 0.259 e. The van der Waals surface area contributed by atoms with Crippen molar-refractivity contribution in [2.24, 2.45) is 0 Å². The SMILES string of the molecule is O=c1[nH]ccc2cc(-c3cccc(S(=O)O)c3)nc(Nc3ccc(N4CCOCC4)cc3)c12. The summed E-state index contributed by atoms with van der Waals surface area (Å²) in [6, 6.07) is 18.3.